The molecule has 4 rings (SSSR count). The average molecular weight is 479 g/mol. The molecule has 0 unspecified atom stereocenters. The van der Waals surface area contributed by atoms with Crippen LogP contribution < -0.4 is 15.4 Å². The Kier molecular flexibility index (Phi) is 6.65. The summed E-state index contributed by atoms with van der Waals surface area (Å²) in [5, 5.41) is 20.2. The maximum atomic E-state index is 12.7. The summed E-state index contributed by atoms with van der Waals surface area (Å²) in [7, 11) is 1.48. The topological polar surface area (TPSA) is 114 Å². The summed E-state index contributed by atoms with van der Waals surface area (Å²) >= 11 is 6.32. The van der Waals surface area contributed by atoms with Crippen LogP contribution >= 0.6 is 11.6 Å². The lowest BCUT2D eigenvalue weighted by atomic mass is 10.1. The van der Waals surface area contributed by atoms with Gasteiger partial charge in [-0.25, -0.2) is 9.97 Å². The lowest BCUT2D eigenvalue weighted by molar-refractivity contribution is 0.102. The van der Waals surface area contributed by atoms with E-state index in [1.165, 1.54) is 25.4 Å². The number of aromatic nitrogens is 4. The minimum Gasteiger partial charge on any atom is -0.508 e. The Bertz CT molecular complexity index is 1320. The monoisotopic (exact) mass is 478 g/mol. The van der Waals surface area contributed by atoms with E-state index in [9.17, 15) is 9.90 Å². The number of amides is 1. The van der Waals surface area contributed by atoms with Crippen molar-refractivity contribution in [3.63, 3.8) is 0 Å². The van der Waals surface area contributed by atoms with Crippen LogP contribution in [0.5, 0.6) is 11.5 Å². The van der Waals surface area contributed by atoms with E-state index in [2.05, 4.69) is 25.7 Å². The van der Waals surface area contributed by atoms with Crippen molar-refractivity contribution in [2.24, 2.45) is 0 Å². The van der Waals surface area contributed by atoms with E-state index < -0.39 is 0 Å². The summed E-state index contributed by atoms with van der Waals surface area (Å²) in [6.45, 7) is 4.07. The Morgan fingerprint density at radius 3 is 2.53 bits per heavy atom. The number of phenols is 1. The summed E-state index contributed by atoms with van der Waals surface area (Å²) in [4.78, 5) is 21.5. The van der Waals surface area contributed by atoms with Crippen molar-refractivity contribution in [1.82, 2.24) is 19.7 Å². The van der Waals surface area contributed by atoms with Gasteiger partial charge in [0.1, 0.15) is 22.9 Å². The fourth-order valence-corrected chi connectivity index (χ4v) is 3.38. The van der Waals surface area contributed by atoms with Crippen LogP contribution in [0.2, 0.25) is 5.02 Å². The molecule has 0 bridgehead atoms. The number of halogens is 1. The molecule has 0 aliphatic heterocycles. The smallest absolute Gasteiger partial charge is 0.259 e. The van der Waals surface area contributed by atoms with Gasteiger partial charge in [0.15, 0.2) is 0 Å². The predicted molar refractivity (Wildman–Crippen MR) is 131 cm³/mol. The van der Waals surface area contributed by atoms with Gasteiger partial charge in [-0.1, -0.05) is 11.6 Å². The molecule has 0 aliphatic carbocycles. The second kappa shape index (κ2) is 9.80. The van der Waals surface area contributed by atoms with Gasteiger partial charge in [0.2, 0.25) is 5.95 Å². The summed E-state index contributed by atoms with van der Waals surface area (Å²) < 4.78 is 7.25. The molecule has 0 atom stereocenters. The summed E-state index contributed by atoms with van der Waals surface area (Å²) in [6, 6.07) is 13.3. The first-order chi connectivity index (χ1) is 16.3. The van der Waals surface area contributed by atoms with Gasteiger partial charge in [0, 0.05) is 29.7 Å². The molecule has 0 fully saturated rings. The molecular weight excluding hydrogens is 456 g/mol. The Morgan fingerprint density at radius 2 is 1.85 bits per heavy atom. The van der Waals surface area contributed by atoms with Crippen molar-refractivity contribution in [2.75, 3.05) is 17.7 Å². The quantitative estimate of drug-likeness (QED) is 0.309. The lowest BCUT2D eigenvalue weighted by Crippen LogP contribution is -2.13. The molecule has 174 valence electrons. The van der Waals surface area contributed by atoms with Crippen molar-refractivity contribution in [2.45, 2.75) is 19.9 Å². The van der Waals surface area contributed by atoms with E-state index >= 15 is 0 Å². The number of phenolic OH excluding ortho intramolecular Hbond substituents is 1. The van der Waals surface area contributed by atoms with Gasteiger partial charge in [-0.2, -0.15) is 5.10 Å². The number of carbonyl (C=O) groups excluding carboxylic acids is 1. The number of carbonyl (C=O) groups is 1. The first-order valence-electron chi connectivity index (χ1n) is 10.5. The molecule has 34 heavy (non-hydrogen) atoms. The van der Waals surface area contributed by atoms with Crippen molar-refractivity contribution in [3.8, 4) is 22.9 Å². The van der Waals surface area contributed by atoms with Gasteiger partial charge in [-0.3, -0.25) is 9.48 Å². The number of hydrogen-bond acceptors (Lipinski definition) is 7. The van der Waals surface area contributed by atoms with Crippen LogP contribution in [0.3, 0.4) is 0 Å². The number of rotatable bonds is 7. The first kappa shape index (κ1) is 23.1. The molecule has 0 aliphatic rings. The SMILES string of the molecule is COc1cc(Nc2ncc(Cl)c(-c3ccn(C(C)C)n3)n2)ccc1C(=O)Nc1ccc(O)cc1. The third kappa shape index (κ3) is 5.10. The number of anilines is 3. The molecule has 9 nitrogen and oxygen atoms in total. The fraction of sp³-hybridized carbons (Fsp3) is 0.167. The van der Waals surface area contributed by atoms with Crippen molar-refractivity contribution in [1.29, 1.82) is 0 Å². The Hall–Kier alpha value is -4.11. The Balaban J connectivity index is 1.55. The molecule has 1 amide bonds. The third-order valence-electron chi connectivity index (χ3n) is 4.95. The minimum absolute atomic E-state index is 0.117. The normalized spacial score (nSPS) is 10.9. The van der Waals surface area contributed by atoms with Crippen LogP contribution in [0.25, 0.3) is 11.4 Å². The van der Waals surface area contributed by atoms with E-state index in [4.69, 9.17) is 16.3 Å². The van der Waals surface area contributed by atoms with Gasteiger partial charge in [-0.15, -0.1) is 0 Å². The van der Waals surface area contributed by atoms with Crippen LogP contribution in [0, 0.1) is 0 Å². The molecule has 10 heteroatoms. The molecule has 2 aromatic carbocycles. The zero-order valence-electron chi connectivity index (χ0n) is 18.8. The number of hydrogen-bond donors (Lipinski definition) is 3. The predicted octanol–water partition coefficient (Wildman–Crippen LogP) is 5.28. The maximum absolute atomic E-state index is 12.7. The molecule has 0 radical (unpaired) electrons. The lowest BCUT2D eigenvalue weighted by Gasteiger charge is -2.12. The third-order valence-corrected chi connectivity index (χ3v) is 5.23. The highest BCUT2D eigenvalue weighted by Gasteiger charge is 2.15. The zero-order chi connectivity index (χ0) is 24.2. The van der Waals surface area contributed by atoms with Crippen LogP contribution in [-0.4, -0.2) is 37.9 Å². The number of aromatic hydroxyl groups is 1. The van der Waals surface area contributed by atoms with Gasteiger partial charge in [0.25, 0.3) is 5.91 Å². The highest BCUT2D eigenvalue weighted by molar-refractivity contribution is 6.32. The van der Waals surface area contributed by atoms with Crippen molar-refractivity contribution >= 4 is 34.8 Å². The maximum Gasteiger partial charge on any atom is 0.259 e. The summed E-state index contributed by atoms with van der Waals surface area (Å²) in [5.41, 5.74) is 2.67. The second-order valence-electron chi connectivity index (χ2n) is 7.71. The van der Waals surface area contributed by atoms with Crippen LogP contribution in [0.1, 0.15) is 30.2 Å². The number of methoxy groups -OCH3 is 1. The van der Waals surface area contributed by atoms with E-state index in [0.29, 0.717) is 45.0 Å². The van der Waals surface area contributed by atoms with E-state index in [0.717, 1.165) is 0 Å². The van der Waals surface area contributed by atoms with Crippen LogP contribution in [0.15, 0.2) is 60.9 Å². The van der Waals surface area contributed by atoms with Crippen LogP contribution in [-0.2, 0) is 0 Å². The molecule has 2 aromatic heterocycles. The minimum atomic E-state index is -0.347. The van der Waals surface area contributed by atoms with Crippen molar-refractivity contribution in [3.05, 3.63) is 71.5 Å². The number of nitrogens with zero attached hydrogens (tertiary/aromatic N) is 4. The highest BCUT2D eigenvalue weighted by Crippen LogP contribution is 2.29. The summed E-state index contributed by atoms with van der Waals surface area (Å²) in [5.74, 6) is 0.458. The summed E-state index contributed by atoms with van der Waals surface area (Å²) in [6.07, 6.45) is 3.38. The highest BCUT2D eigenvalue weighted by atomic mass is 35.5. The molecule has 2 heterocycles. The van der Waals surface area contributed by atoms with E-state index in [1.54, 1.807) is 30.3 Å². The molecule has 0 saturated carbocycles. The average Bonchev–Trinajstić information content (AvgIpc) is 3.32. The molecule has 0 saturated heterocycles. The van der Waals surface area contributed by atoms with E-state index in [-0.39, 0.29) is 17.7 Å². The number of nitrogens with one attached hydrogen (secondary N) is 2. The van der Waals surface area contributed by atoms with Gasteiger partial charge in [0.05, 0.1) is 23.9 Å². The number of benzene rings is 2. The van der Waals surface area contributed by atoms with E-state index in [1.807, 2.05) is 30.8 Å². The van der Waals surface area contributed by atoms with Gasteiger partial charge in [-0.05, 0) is 56.3 Å². The fourth-order valence-electron chi connectivity index (χ4n) is 3.19. The van der Waals surface area contributed by atoms with Crippen molar-refractivity contribution < 1.29 is 14.6 Å². The standard InChI is InChI=1S/C24H23ClN6O3/c1-14(2)31-11-10-20(30-31)22-19(25)13-26-24(29-22)28-16-6-9-18(21(12-16)34-3)23(33)27-15-4-7-17(32)8-5-15/h4-14,32H,1-3H3,(H,27,33)(H,26,28,29). The van der Waals surface area contributed by atoms with Gasteiger partial charge < -0.3 is 20.5 Å². The largest absolute Gasteiger partial charge is 0.508 e. The second-order valence-corrected chi connectivity index (χ2v) is 8.11. The van der Waals surface area contributed by atoms with Crippen LogP contribution in [0.4, 0.5) is 17.3 Å². The van der Waals surface area contributed by atoms with Gasteiger partial charge >= 0.3 is 0 Å². The molecular formula is C24H23ClN6O3. The first-order valence-corrected chi connectivity index (χ1v) is 10.9. The molecule has 3 N–H and O–H groups in total. The molecule has 0 spiro atoms. The zero-order valence-corrected chi connectivity index (χ0v) is 19.5. The Labute approximate surface area is 201 Å². The molecule has 4 aromatic rings. The number of ether oxygens (including phenoxy) is 1. The Morgan fingerprint density at radius 1 is 1.12 bits per heavy atom.